The van der Waals surface area contributed by atoms with Crippen molar-refractivity contribution in [1.29, 1.82) is 0 Å². The SMILES string of the molecule is C=CCOc1cccc([C@@H]2/C(=C(\O)c3ccc4c(c3)OCCO4)C(=O)C(=O)N2c2nnc(SCc3ccc(F)cc3)s2)c1. The Hall–Kier alpha value is -4.68. The average Bonchev–Trinajstić information content (AvgIpc) is 3.61. The molecule has 9 nitrogen and oxygen atoms in total. The van der Waals surface area contributed by atoms with Gasteiger partial charge in [-0.15, -0.1) is 10.2 Å². The summed E-state index contributed by atoms with van der Waals surface area (Å²) >= 11 is 2.51. The zero-order chi connectivity index (χ0) is 29.9. The maximum atomic E-state index is 13.6. The monoisotopic (exact) mass is 617 g/mol. The first-order valence-corrected chi connectivity index (χ1v) is 15.0. The molecule has 43 heavy (non-hydrogen) atoms. The number of halogens is 1. The molecule has 218 valence electrons. The molecule has 6 rings (SSSR count). The largest absolute Gasteiger partial charge is 0.507 e. The molecule has 1 saturated heterocycles. The van der Waals surface area contributed by atoms with Gasteiger partial charge in [0.25, 0.3) is 5.78 Å². The van der Waals surface area contributed by atoms with Crippen molar-refractivity contribution >= 4 is 45.7 Å². The number of rotatable bonds is 9. The number of anilines is 1. The molecule has 3 heterocycles. The molecule has 3 aromatic carbocycles. The molecule has 2 aliphatic heterocycles. The lowest BCUT2D eigenvalue weighted by Gasteiger charge is -2.23. The summed E-state index contributed by atoms with van der Waals surface area (Å²) in [6, 6.07) is 16.9. The highest BCUT2D eigenvalue weighted by Gasteiger charge is 2.48. The molecule has 0 spiro atoms. The number of aliphatic hydroxyl groups is 1. The third-order valence-electron chi connectivity index (χ3n) is 6.68. The number of amides is 1. The number of nitrogens with zero attached hydrogens (tertiary/aromatic N) is 3. The highest BCUT2D eigenvalue weighted by atomic mass is 32.2. The highest BCUT2D eigenvalue weighted by molar-refractivity contribution is 8.00. The number of hydrogen-bond donors (Lipinski definition) is 1. The minimum atomic E-state index is -1.02. The maximum absolute atomic E-state index is 13.6. The molecule has 0 saturated carbocycles. The molecule has 1 N–H and O–H groups in total. The van der Waals surface area contributed by atoms with Crippen molar-refractivity contribution in [3.05, 3.63) is 107 Å². The number of carbonyl (C=O) groups is 2. The standard InChI is InChI=1S/C31H24FN3O6S2/c1-2-12-39-22-5-3-4-19(15-22)26-25(27(36)20-8-11-23-24(16-20)41-14-13-40-23)28(37)29(38)35(26)30-33-34-31(43-30)42-17-18-6-9-21(32)10-7-18/h2-11,15-16,26,36H,1,12-14,17H2/b27-25+/t26-/m1/s1. The van der Waals surface area contributed by atoms with Crippen LogP contribution in [-0.4, -0.2) is 46.8 Å². The summed E-state index contributed by atoms with van der Waals surface area (Å²) in [5.74, 6) is -0.468. The van der Waals surface area contributed by atoms with E-state index in [0.29, 0.717) is 51.7 Å². The van der Waals surface area contributed by atoms with Gasteiger partial charge in [0.05, 0.1) is 11.6 Å². The van der Waals surface area contributed by atoms with E-state index in [1.54, 1.807) is 60.7 Å². The zero-order valence-electron chi connectivity index (χ0n) is 22.6. The van der Waals surface area contributed by atoms with Crippen molar-refractivity contribution < 1.29 is 33.3 Å². The number of carbonyl (C=O) groups excluding carboxylic acids is 2. The first kappa shape index (κ1) is 28.4. The Kier molecular flexibility index (Phi) is 8.12. The Balaban J connectivity index is 1.39. The number of aliphatic hydroxyl groups excluding tert-OH is 1. The van der Waals surface area contributed by atoms with Gasteiger partial charge in [0.15, 0.2) is 15.8 Å². The predicted octanol–water partition coefficient (Wildman–Crippen LogP) is 5.93. The van der Waals surface area contributed by atoms with Gasteiger partial charge >= 0.3 is 5.91 Å². The molecule has 1 atom stereocenters. The van der Waals surface area contributed by atoms with Crippen molar-refractivity contribution in [1.82, 2.24) is 10.2 Å². The van der Waals surface area contributed by atoms with Crippen LogP contribution in [0.5, 0.6) is 17.2 Å². The van der Waals surface area contributed by atoms with Crippen LogP contribution in [0.25, 0.3) is 5.76 Å². The number of thioether (sulfide) groups is 1. The Labute approximate surface area is 254 Å². The number of benzene rings is 3. The van der Waals surface area contributed by atoms with E-state index >= 15 is 0 Å². The number of Topliss-reactive ketones (excluding diaryl/α,β-unsaturated/α-hetero) is 1. The quantitative estimate of drug-likeness (QED) is 0.0610. The smallest absolute Gasteiger partial charge is 0.301 e. The summed E-state index contributed by atoms with van der Waals surface area (Å²) in [5, 5.41) is 20.2. The van der Waals surface area contributed by atoms with Crippen LogP contribution < -0.4 is 19.1 Å². The van der Waals surface area contributed by atoms with E-state index in [1.165, 1.54) is 28.8 Å². The second-order valence-electron chi connectivity index (χ2n) is 9.47. The summed E-state index contributed by atoms with van der Waals surface area (Å²) in [4.78, 5) is 28.4. The van der Waals surface area contributed by atoms with E-state index < -0.39 is 17.7 Å². The van der Waals surface area contributed by atoms with Crippen molar-refractivity contribution in [2.75, 3.05) is 24.7 Å². The van der Waals surface area contributed by atoms with Gasteiger partial charge in [0.2, 0.25) is 5.13 Å². The minimum absolute atomic E-state index is 0.113. The van der Waals surface area contributed by atoms with Gasteiger partial charge in [-0.05, 0) is 53.6 Å². The number of ketones is 1. The van der Waals surface area contributed by atoms with Crippen molar-refractivity contribution in [3.8, 4) is 17.2 Å². The van der Waals surface area contributed by atoms with E-state index in [-0.39, 0.29) is 28.9 Å². The van der Waals surface area contributed by atoms with Crippen LogP contribution in [0.2, 0.25) is 0 Å². The van der Waals surface area contributed by atoms with Crippen molar-refractivity contribution in [2.24, 2.45) is 0 Å². The van der Waals surface area contributed by atoms with Gasteiger partial charge in [-0.1, -0.05) is 60.0 Å². The average molecular weight is 618 g/mol. The van der Waals surface area contributed by atoms with Crippen LogP contribution in [0, 0.1) is 5.82 Å². The van der Waals surface area contributed by atoms with E-state index in [9.17, 15) is 19.1 Å². The Morgan fingerprint density at radius 1 is 1.09 bits per heavy atom. The first-order chi connectivity index (χ1) is 20.9. The summed E-state index contributed by atoms with van der Waals surface area (Å²) in [7, 11) is 0. The van der Waals surface area contributed by atoms with Crippen molar-refractivity contribution in [3.63, 3.8) is 0 Å². The lowest BCUT2D eigenvalue weighted by atomic mass is 9.95. The molecule has 1 amide bonds. The van der Waals surface area contributed by atoms with Crippen LogP contribution in [-0.2, 0) is 15.3 Å². The second kappa shape index (κ2) is 12.3. The number of aromatic nitrogens is 2. The van der Waals surface area contributed by atoms with E-state index in [4.69, 9.17) is 14.2 Å². The molecule has 12 heteroatoms. The summed E-state index contributed by atoms with van der Waals surface area (Å²) < 4.78 is 30.8. The third-order valence-corrected chi connectivity index (χ3v) is 8.81. The highest BCUT2D eigenvalue weighted by Crippen LogP contribution is 2.45. The zero-order valence-corrected chi connectivity index (χ0v) is 24.2. The van der Waals surface area contributed by atoms with Crippen LogP contribution in [0.3, 0.4) is 0 Å². The molecule has 1 fully saturated rings. The molecule has 0 radical (unpaired) electrons. The Morgan fingerprint density at radius 3 is 2.67 bits per heavy atom. The fraction of sp³-hybridized carbons (Fsp3) is 0.161. The maximum Gasteiger partial charge on any atom is 0.301 e. The fourth-order valence-electron chi connectivity index (χ4n) is 4.70. The molecule has 0 bridgehead atoms. The van der Waals surface area contributed by atoms with Gasteiger partial charge in [-0.2, -0.15) is 0 Å². The minimum Gasteiger partial charge on any atom is -0.507 e. The fourth-order valence-corrected chi connectivity index (χ4v) is 6.53. The molecule has 0 aliphatic carbocycles. The van der Waals surface area contributed by atoms with Crippen LogP contribution in [0.1, 0.15) is 22.7 Å². The summed E-state index contributed by atoms with van der Waals surface area (Å²) in [5.41, 5.74) is 1.59. The van der Waals surface area contributed by atoms with Crippen molar-refractivity contribution in [2.45, 2.75) is 16.1 Å². The second-order valence-corrected chi connectivity index (χ2v) is 11.6. The lowest BCUT2D eigenvalue weighted by molar-refractivity contribution is -0.132. The molecular formula is C31H24FN3O6S2. The summed E-state index contributed by atoms with van der Waals surface area (Å²) in [6.07, 6.45) is 1.60. The van der Waals surface area contributed by atoms with Crippen LogP contribution in [0.15, 0.2) is 89.3 Å². The van der Waals surface area contributed by atoms with Gasteiger partial charge in [0, 0.05) is 11.3 Å². The first-order valence-electron chi connectivity index (χ1n) is 13.2. The van der Waals surface area contributed by atoms with Gasteiger partial charge < -0.3 is 19.3 Å². The normalized spacial score (nSPS) is 17.2. The summed E-state index contributed by atoms with van der Waals surface area (Å²) in [6.45, 7) is 4.68. The number of fused-ring (bicyclic) bond motifs is 1. The van der Waals surface area contributed by atoms with Crippen LogP contribution >= 0.6 is 23.1 Å². The van der Waals surface area contributed by atoms with E-state index in [2.05, 4.69) is 16.8 Å². The van der Waals surface area contributed by atoms with E-state index in [0.717, 1.165) is 16.9 Å². The molecule has 4 aromatic rings. The number of hydrogen-bond acceptors (Lipinski definition) is 10. The predicted molar refractivity (Wildman–Crippen MR) is 160 cm³/mol. The molecule has 1 aromatic heterocycles. The van der Waals surface area contributed by atoms with Gasteiger partial charge in [-0.25, -0.2) is 4.39 Å². The van der Waals surface area contributed by atoms with Crippen LogP contribution in [0.4, 0.5) is 9.52 Å². The number of ether oxygens (including phenoxy) is 3. The Morgan fingerprint density at radius 2 is 1.88 bits per heavy atom. The molecular weight excluding hydrogens is 593 g/mol. The molecule has 2 aliphatic rings. The van der Waals surface area contributed by atoms with E-state index in [1.807, 2.05) is 0 Å². The van der Waals surface area contributed by atoms with Gasteiger partial charge in [-0.3, -0.25) is 14.5 Å². The Bertz CT molecular complexity index is 1740. The lowest BCUT2D eigenvalue weighted by Crippen LogP contribution is -2.29. The molecule has 0 unspecified atom stereocenters. The third kappa shape index (κ3) is 5.84. The topological polar surface area (TPSA) is 111 Å². The van der Waals surface area contributed by atoms with Gasteiger partial charge in [0.1, 0.15) is 37.1 Å².